The normalized spacial score (nSPS) is 16.5. The minimum absolute atomic E-state index is 0.117. The molecule has 17 heavy (non-hydrogen) atoms. The summed E-state index contributed by atoms with van der Waals surface area (Å²) < 4.78 is 11.0. The maximum atomic E-state index is 5.69. The van der Waals surface area contributed by atoms with Crippen molar-refractivity contribution in [1.82, 2.24) is 0 Å². The standard InChI is InChI=1S/C15H24O2/c1-5-12(2)14(11-16-3)15(17-4)13-9-7-6-8-10-13/h6-10,12,14-15H,5,11H2,1-4H3. The summed E-state index contributed by atoms with van der Waals surface area (Å²) >= 11 is 0. The minimum atomic E-state index is 0.117. The zero-order valence-electron chi connectivity index (χ0n) is 11.3. The van der Waals surface area contributed by atoms with Crippen LogP contribution in [-0.4, -0.2) is 20.8 Å². The summed E-state index contributed by atoms with van der Waals surface area (Å²) in [6, 6.07) is 10.4. The van der Waals surface area contributed by atoms with Crippen molar-refractivity contribution in [2.75, 3.05) is 20.8 Å². The molecule has 3 atom stereocenters. The molecule has 0 spiro atoms. The van der Waals surface area contributed by atoms with E-state index in [0.717, 1.165) is 13.0 Å². The fraction of sp³-hybridized carbons (Fsp3) is 0.600. The Kier molecular flexibility index (Phi) is 6.23. The summed E-state index contributed by atoms with van der Waals surface area (Å²) in [6.45, 7) is 5.21. The van der Waals surface area contributed by atoms with E-state index in [4.69, 9.17) is 9.47 Å². The highest BCUT2D eigenvalue weighted by atomic mass is 16.5. The highest BCUT2D eigenvalue weighted by molar-refractivity contribution is 5.18. The third-order valence-corrected chi connectivity index (χ3v) is 3.50. The largest absolute Gasteiger partial charge is 0.384 e. The fourth-order valence-electron chi connectivity index (χ4n) is 2.25. The molecule has 0 aliphatic carbocycles. The van der Waals surface area contributed by atoms with Gasteiger partial charge >= 0.3 is 0 Å². The zero-order valence-corrected chi connectivity index (χ0v) is 11.3. The number of benzene rings is 1. The summed E-state index contributed by atoms with van der Waals surface area (Å²) in [5.41, 5.74) is 1.23. The molecule has 0 saturated heterocycles. The number of methoxy groups -OCH3 is 2. The minimum Gasteiger partial charge on any atom is -0.384 e. The first kappa shape index (κ1) is 14.2. The molecule has 2 nitrogen and oxygen atoms in total. The molecule has 1 rings (SSSR count). The molecule has 0 aromatic heterocycles. The van der Waals surface area contributed by atoms with E-state index in [1.165, 1.54) is 5.56 Å². The van der Waals surface area contributed by atoms with Crippen molar-refractivity contribution < 1.29 is 9.47 Å². The number of rotatable bonds is 7. The molecular formula is C15H24O2. The molecule has 1 aromatic rings. The van der Waals surface area contributed by atoms with E-state index in [2.05, 4.69) is 38.1 Å². The Labute approximate surface area is 105 Å². The SMILES string of the molecule is CCC(C)C(COC)C(OC)c1ccccc1. The van der Waals surface area contributed by atoms with Crippen LogP contribution in [0.1, 0.15) is 31.9 Å². The van der Waals surface area contributed by atoms with Crippen LogP contribution < -0.4 is 0 Å². The molecule has 0 heterocycles. The molecule has 0 amide bonds. The van der Waals surface area contributed by atoms with Gasteiger partial charge in [0.05, 0.1) is 12.7 Å². The third kappa shape index (κ3) is 3.83. The topological polar surface area (TPSA) is 18.5 Å². The van der Waals surface area contributed by atoms with Crippen molar-refractivity contribution in [2.45, 2.75) is 26.4 Å². The molecule has 2 heteroatoms. The summed E-state index contributed by atoms with van der Waals surface area (Å²) in [7, 11) is 3.54. The maximum absolute atomic E-state index is 5.69. The van der Waals surface area contributed by atoms with Crippen molar-refractivity contribution in [2.24, 2.45) is 11.8 Å². The monoisotopic (exact) mass is 236 g/mol. The lowest BCUT2D eigenvalue weighted by Crippen LogP contribution is -2.25. The predicted molar refractivity (Wildman–Crippen MR) is 71.0 cm³/mol. The second kappa shape index (κ2) is 7.46. The molecule has 0 aliphatic heterocycles. The van der Waals surface area contributed by atoms with Gasteiger partial charge in [-0.2, -0.15) is 0 Å². The van der Waals surface area contributed by atoms with Crippen LogP contribution in [0.15, 0.2) is 30.3 Å². The van der Waals surface area contributed by atoms with Gasteiger partial charge < -0.3 is 9.47 Å². The van der Waals surface area contributed by atoms with E-state index in [9.17, 15) is 0 Å². The highest BCUT2D eigenvalue weighted by Gasteiger charge is 2.27. The number of hydrogen-bond donors (Lipinski definition) is 0. The van der Waals surface area contributed by atoms with Crippen molar-refractivity contribution in [3.05, 3.63) is 35.9 Å². The van der Waals surface area contributed by atoms with Crippen LogP contribution in [0.3, 0.4) is 0 Å². The number of hydrogen-bond acceptors (Lipinski definition) is 2. The van der Waals surface area contributed by atoms with Gasteiger partial charge in [0.25, 0.3) is 0 Å². The van der Waals surface area contributed by atoms with Crippen molar-refractivity contribution >= 4 is 0 Å². The molecule has 3 unspecified atom stereocenters. The van der Waals surface area contributed by atoms with Crippen LogP contribution in [0, 0.1) is 11.8 Å². The van der Waals surface area contributed by atoms with E-state index >= 15 is 0 Å². The second-order valence-corrected chi connectivity index (χ2v) is 4.57. The van der Waals surface area contributed by atoms with Gasteiger partial charge in [-0.15, -0.1) is 0 Å². The molecule has 0 bridgehead atoms. The van der Waals surface area contributed by atoms with E-state index in [0.29, 0.717) is 11.8 Å². The van der Waals surface area contributed by atoms with Crippen LogP contribution in [-0.2, 0) is 9.47 Å². The smallest absolute Gasteiger partial charge is 0.0873 e. The predicted octanol–water partition coefficient (Wildman–Crippen LogP) is 3.68. The van der Waals surface area contributed by atoms with Crippen LogP contribution in [0.25, 0.3) is 0 Å². The van der Waals surface area contributed by atoms with E-state index in [1.807, 2.05) is 6.07 Å². The van der Waals surface area contributed by atoms with Gasteiger partial charge in [0.1, 0.15) is 0 Å². The molecule has 0 N–H and O–H groups in total. The van der Waals surface area contributed by atoms with Gasteiger partial charge in [0, 0.05) is 20.1 Å². The van der Waals surface area contributed by atoms with E-state index < -0.39 is 0 Å². The highest BCUT2D eigenvalue weighted by Crippen LogP contribution is 2.32. The summed E-state index contributed by atoms with van der Waals surface area (Å²) in [4.78, 5) is 0. The lowest BCUT2D eigenvalue weighted by atomic mass is 9.84. The van der Waals surface area contributed by atoms with Gasteiger partial charge in [-0.25, -0.2) is 0 Å². The van der Waals surface area contributed by atoms with Gasteiger partial charge in [-0.1, -0.05) is 50.6 Å². The van der Waals surface area contributed by atoms with Gasteiger partial charge in [-0.3, -0.25) is 0 Å². The van der Waals surface area contributed by atoms with Crippen LogP contribution in [0.5, 0.6) is 0 Å². The average molecular weight is 236 g/mol. The van der Waals surface area contributed by atoms with Crippen LogP contribution in [0.4, 0.5) is 0 Å². The fourth-order valence-corrected chi connectivity index (χ4v) is 2.25. The van der Waals surface area contributed by atoms with Gasteiger partial charge in [0.2, 0.25) is 0 Å². The Bertz CT molecular complexity index is 297. The quantitative estimate of drug-likeness (QED) is 0.719. The lowest BCUT2D eigenvalue weighted by molar-refractivity contribution is -0.0109. The van der Waals surface area contributed by atoms with Crippen LogP contribution in [0.2, 0.25) is 0 Å². The molecule has 0 radical (unpaired) electrons. The Morgan fingerprint density at radius 2 is 1.76 bits per heavy atom. The van der Waals surface area contributed by atoms with Crippen LogP contribution >= 0.6 is 0 Å². The lowest BCUT2D eigenvalue weighted by Gasteiger charge is -2.30. The first-order valence-electron chi connectivity index (χ1n) is 6.31. The van der Waals surface area contributed by atoms with Gasteiger partial charge in [-0.05, 0) is 11.5 Å². The number of ether oxygens (including phenoxy) is 2. The molecule has 0 fully saturated rings. The van der Waals surface area contributed by atoms with Crippen molar-refractivity contribution in [3.8, 4) is 0 Å². The van der Waals surface area contributed by atoms with Crippen molar-refractivity contribution in [1.29, 1.82) is 0 Å². The molecule has 96 valence electrons. The third-order valence-electron chi connectivity index (χ3n) is 3.50. The molecule has 0 aliphatic rings. The first-order valence-corrected chi connectivity index (χ1v) is 6.31. The molecular weight excluding hydrogens is 212 g/mol. The first-order chi connectivity index (χ1) is 8.24. The zero-order chi connectivity index (χ0) is 12.7. The maximum Gasteiger partial charge on any atom is 0.0873 e. The summed E-state index contributed by atoms with van der Waals surface area (Å²) in [5.74, 6) is 0.984. The summed E-state index contributed by atoms with van der Waals surface area (Å²) in [6.07, 6.45) is 1.26. The molecule has 0 saturated carbocycles. The van der Waals surface area contributed by atoms with Crippen molar-refractivity contribution in [3.63, 3.8) is 0 Å². The van der Waals surface area contributed by atoms with E-state index in [-0.39, 0.29) is 6.10 Å². The summed E-state index contributed by atoms with van der Waals surface area (Å²) in [5, 5.41) is 0. The van der Waals surface area contributed by atoms with E-state index in [1.54, 1.807) is 14.2 Å². The van der Waals surface area contributed by atoms with Gasteiger partial charge in [0.15, 0.2) is 0 Å². The average Bonchev–Trinajstić information content (AvgIpc) is 2.39. The molecule has 1 aromatic carbocycles. The Morgan fingerprint density at radius 3 is 2.24 bits per heavy atom. The Morgan fingerprint density at radius 1 is 1.12 bits per heavy atom. The Hall–Kier alpha value is -0.860. The Balaban J connectivity index is 2.89. The second-order valence-electron chi connectivity index (χ2n) is 4.57.